The molecule has 1 aromatic heterocycles. The van der Waals surface area contributed by atoms with E-state index in [1.165, 1.54) is 32.2 Å². The van der Waals surface area contributed by atoms with Crippen molar-refractivity contribution in [1.29, 1.82) is 0 Å². The number of nitrogens with zero attached hydrogens (tertiary/aromatic N) is 2. The van der Waals surface area contributed by atoms with Crippen LogP contribution in [0.1, 0.15) is 26.0 Å². The minimum absolute atomic E-state index is 0. The van der Waals surface area contributed by atoms with Gasteiger partial charge in [0.2, 0.25) is 11.2 Å². The zero-order valence-electron chi connectivity index (χ0n) is 15.2. The van der Waals surface area contributed by atoms with E-state index in [-0.39, 0.29) is 24.0 Å². The standard InChI is InChI=1S/C22H23N2S.HI/c1-3-15-24-18(14-13-17-9-5-6-10-19(17)24)16-22-23(4-2)20-11-7-8-12-21(20)25-22;/h5-14,16H,3-4,15H2,1-2H3;1H/q+1;/p-1. The number of pyridine rings is 1. The molecule has 4 rings (SSSR count). The number of aromatic nitrogens is 1. The van der Waals surface area contributed by atoms with Gasteiger partial charge in [-0.05, 0) is 31.2 Å². The van der Waals surface area contributed by atoms with E-state index in [4.69, 9.17) is 0 Å². The molecule has 0 saturated heterocycles. The van der Waals surface area contributed by atoms with Gasteiger partial charge in [-0.3, -0.25) is 0 Å². The molecule has 1 aliphatic heterocycles. The van der Waals surface area contributed by atoms with Crippen LogP contribution in [0.2, 0.25) is 0 Å². The van der Waals surface area contributed by atoms with Crippen molar-refractivity contribution in [2.45, 2.75) is 31.7 Å². The molecule has 0 saturated carbocycles. The van der Waals surface area contributed by atoms with Crippen LogP contribution in [0.4, 0.5) is 5.69 Å². The maximum absolute atomic E-state index is 2.44. The van der Waals surface area contributed by atoms with Crippen LogP contribution in [0.3, 0.4) is 0 Å². The highest BCUT2D eigenvalue weighted by molar-refractivity contribution is 8.03. The molecule has 0 radical (unpaired) electrons. The highest BCUT2D eigenvalue weighted by Crippen LogP contribution is 2.46. The molecule has 0 spiro atoms. The number of para-hydroxylation sites is 2. The van der Waals surface area contributed by atoms with Crippen LogP contribution in [-0.2, 0) is 6.54 Å². The highest BCUT2D eigenvalue weighted by atomic mass is 127. The molecule has 26 heavy (non-hydrogen) atoms. The molecule has 2 heterocycles. The Balaban J connectivity index is 0.00000196. The van der Waals surface area contributed by atoms with E-state index in [1.807, 2.05) is 11.8 Å². The van der Waals surface area contributed by atoms with Crippen molar-refractivity contribution in [3.63, 3.8) is 0 Å². The lowest BCUT2D eigenvalue weighted by Crippen LogP contribution is -3.00. The van der Waals surface area contributed by atoms with Gasteiger partial charge < -0.3 is 28.9 Å². The number of anilines is 1. The van der Waals surface area contributed by atoms with E-state index in [9.17, 15) is 0 Å². The van der Waals surface area contributed by atoms with E-state index in [2.05, 4.69) is 90.1 Å². The predicted octanol–water partition coefficient (Wildman–Crippen LogP) is 2.47. The van der Waals surface area contributed by atoms with Crippen LogP contribution in [0.15, 0.2) is 70.6 Å². The maximum atomic E-state index is 2.44. The van der Waals surface area contributed by atoms with Gasteiger partial charge in [-0.1, -0.05) is 43.0 Å². The van der Waals surface area contributed by atoms with Crippen molar-refractivity contribution in [3.8, 4) is 0 Å². The first kappa shape index (κ1) is 19.2. The number of fused-ring (bicyclic) bond motifs is 2. The topological polar surface area (TPSA) is 7.12 Å². The lowest BCUT2D eigenvalue weighted by atomic mass is 10.1. The Kier molecular flexibility index (Phi) is 6.24. The van der Waals surface area contributed by atoms with Crippen molar-refractivity contribution >= 4 is 34.4 Å². The van der Waals surface area contributed by atoms with Crippen molar-refractivity contribution in [3.05, 3.63) is 71.4 Å². The van der Waals surface area contributed by atoms with Crippen LogP contribution in [0.25, 0.3) is 17.0 Å². The molecule has 0 amide bonds. The number of hydrogen-bond acceptors (Lipinski definition) is 2. The summed E-state index contributed by atoms with van der Waals surface area (Å²) in [5.41, 5.74) is 3.90. The van der Waals surface area contributed by atoms with Gasteiger partial charge in [-0.25, -0.2) is 0 Å². The third-order valence-electron chi connectivity index (χ3n) is 4.64. The minimum Gasteiger partial charge on any atom is -1.00 e. The van der Waals surface area contributed by atoms with Crippen LogP contribution in [-0.4, -0.2) is 6.54 Å². The Bertz CT molecular complexity index is 952. The van der Waals surface area contributed by atoms with Gasteiger partial charge in [-0.15, -0.1) is 0 Å². The Labute approximate surface area is 176 Å². The van der Waals surface area contributed by atoms with Gasteiger partial charge in [0.1, 0.15) is 6.54 Å². The number of hydrogen-bond donors (Lipinski definition) is 0. The van der Waals surface area contributed by atoms with Gasteiger partial charge in [0.25, 0.3) is 0 Å². The molecule has 4 heteroatoms. The van der Waals surface area contributed by atoms with Gasteiger partial charge in [0.05, 0.1) is 10.7 Å². The fraction of sp³-hybridized carbons (Fsp3) is 0.227. The molecular weight excluding hydrogens is 451 g/mol. The lowest BCUT2D eigenvalue weighted by molar-refractivity contribution is -0.673. The van der Waals surface area contributed by atoms with E-state index in [0.29, 0.717) is 0 Å². The van der Waals surface area contributed by atoms with Gasteiger partial charge in [-0.2, -0.15) is 4.57 Å². The predicted molar refractivity (Wildman–Crippen MR) is 108 cm³/mol. The summed E-state index contributed by atoms with van der Waals surface area (Å²) in [6.07, 6.45) is 3.47. The number of rotatable bonds is 4. The average Bonchev–Trinajstić information content (AvgIpc) is 3.00. The van der Waals surface area contributed by atoms with E-state index < -0.39 is 0 Å². The number of benzene rings is 2. The second kappa shape index (κ2) is 8.44. The second-order valence-electron chi connectivity index (χ2n) is 6.27. The Morgan fingerprint density at radius 2 is 1.73 bits per heavy atom. The molecule has 0 atom stereocenters. The minimum atomic E-state index is 0. The molecule has 0 N–H and O–H groups in total. The number of halogens is 1. The summed E-state index contributed by atoms with van der Waals surface area (Å²) in [4.78, 5) is 3.75. The molecule has 134 valence electrons. The van der Waals surface area contributed by atoms with Crippen LogP contribution in [0.5, 0.6) is 0 Å². The van der Waals surface area contributed by atoms with Crippen LogP contribution < -0.4 is 33.4 Å². The van der Waals surface area contributed by atoms with Crippen molar-refractivity contribution < 1.29 is 28.5 Å². The zero-order chi connectivity index (χ0) is 17.2. The van der Waals surface area contributed by atoms with Crippen molar-refractivity contribution in [2.24, 2.45) is 0 Å². The smallest absolute Gasteiger partial charge is 0.212 e. The summed E-state index contributed by atoms with van der Waals surface area (Å²) in [7, 11) is 0. The van der Waals surface area contributed by atoms with Crippen molar-refractivity contribution in [1.82, 2.24) is 0 Å². The quantitative estimate of drug-likeness (QED) is 0.424. The molecule has 0 fully saturated rings. The lowest BCUT2D eigenvalue weighted by Gasteiger charge is -2.17. The Morgan fingerprint density at radius 3 is 2.54 bits per heavy atom. The fourth-order valence-corrected chi connectivity index (χ4v) is 4.66. The summed E-state index contributed by atoms with van der Waals surface area (Å²) >= 11 is 1.87. The molecular formula is C22H23IN2S. The summed E-state index contributed by atoms with van der Waals surface area (Å²) in [5, 5.41) is 2.61. The first-order chi connectivity index (χ1) is 12.3. The summed E-state index contributed by atoms with van der Waals surface area (Å²) in [6, 6.07) is 21.8. The third-order valence-corrected chi connectivity index (χ3v) is 5.76. The third kappa shape index (κ3) is 3.49. The first-order valence-electron chi connectivity index (χ1n) is 8.99. The second-order valence-corrected chi connectivity index (χ2v) is 7.33. The largest absolute Gasteiger partial charge is 1.00 e. The summed E-state index contributed by atoms with van der Waals surface area (Å²) < 4.78 is 2.44. The van der Waals surface area contributed by atoms with E-state index in [0.717, 1.165) is 19.5 Å². The Morgan fingerprint density at radius 1 is 0.962 bits per heavy atom. The first-order valence-corrected chi connectivity index (χ1v) is 9.81. The molecule has 3 aromatic rings. The van der Waals surface area contributed by atoms with Gasteiger partial charge in [0.15, 0.2) is 0 Å². The normalized spacial score (nSPS) is 14.5. The van der Waals surface area contributed by atoms with E-state index >= 15 is 0 Å². The molecule has 1 aliphatic rings. The van der Waals surface area contributed by atoms with Crippen LogP contribution >= 0.6 is 11.8 Å². The van der Waals surface area contributed by atoms with Gasteiger partial charge in [0, 0.05) is 41.5 Å². The fourth-order valence-electron chi connectivity index (χ4n) is 3.49. The molecule has 2 aromatic carbocycles. The molecule has 0 unspecified atom stereocenters. The summed E-state index contributed by atoms with van der Waals surface area (Å²) in [5.74, 6) is 0. The maximum Gasteiger partial charge on any atom is 0.212 e. The SMILES string of the molecule is CCC[n+]1c(C=C2Sc3ccccc3N2CC)ccc2ccccc21.[I-]. The van der Waals surface area contributed by atoms with Crippen LogP contribution in [0, 0.1) is 0 Å². The average molecular weight is 474 g/mol. The summed E-state index contributed by atoms with van der Waals surface area (Å²) in [6.45, 7) is 6.47. The number of thioether (sulfide) groups is 1. The monoisotopic (exact) mass is 474 g/mol. The Hall–Kier alpha value is -1.53. The molecule has 0 aliphatic carbocycles. The molecule has 2 nitrogen and oxygen atoms in total. The molecule has 0 bridgehead atoms. The van der Waals surface area contributed by atoms with Crippen molar-refractivity contribution in [2.75, 3.05) is 11.4 Å². The van der Waals surface area contributed by atoms with Gasteiger partial charge >= 0.3 is 0 Å². The number of aryl methyl sites for hydroxylation is 1. The zero-order valence-corrected chi connectivity index (χ0v) is 18.1. The highest BCUT2D eigenvalue weighted by Gasteiger charge is 2.25. The van der Waals surface area contributed by atoms with E-state index in [1.54, 1.807) is 0 Å².